The second kappa shape index (κ2) is 10.5. The lowest BCUT2D eigenvalue weighted by atomic mass is 9.98. The van der Waals surface area contributed by atoms with Crippen LogP contribution in [0.25, 0.3) is 0 Å². The van der Waals surface area contributed by atoms with E-state index in [1.807, 2.05) is 60.7 Å². The molecule has 2 aromatic rings. The molecule has 0 aliphatic carbocycles. The fourth-order valence-corrected chi connectivity index (χ4v) is 3.16. The molecule has 1 fully saturated rings. The Morgan fingerprint density at radius 1 is 0.897 bits per heavy atom. The number of rotatable bonds is 8. The molecule has 0 bridgehead atoms. The lowest BCUT2D eigenvalue weighted by Gasteiger charge is -2.42. The summed E-state index contributed by atoms with van der Waals surface area (Å²) < 4.78 is 22.2. The van der Waals surface area contributed by atoms with Gasteiger partial charge < -0.3 is 29.2 Å². The van der Waals surface area contributed by atoms with E-state index in [1.165, 1.54) is 6.92 Å². The van der Waals surface area contributed by atoms with Crippen molar-refractivity contribution in [1.82, 2.24) is 0 Å². The van der Waals surface area contributed by atoms with Crippen LogP contribution in [0.2, 0.25) is 0 Å². The Bertz CT molecular complexity index is 752. The molecule has 2 aromatic carbocycles. The van der Waals surface area contributed by atoms with Gasteiger partial charge in [0.1, 0.15) is 31.0 Å². The van der Waals surface area contributed by atoms with Crippen molar-refractivity contribution in [3.05, 3.63) is 71.8 Å². The topological polar surface area (TPSA) is 94.5 Å². The highest BCUT2D eigenvalue weighted by molar-refractivity contribution is 5.65. The molecule has 3 rings (SSSR count). The minimum atomic E-state index is -1.38. The summed E-state index contributed by atoms with van der Waals surface area (Å²) in [5.74, 6) is -0.484. The molecular weight excluding hydrogens is 376 g/mol. The zero-order valence-electron chi connectivity index (χ0n) is 16.2. The molecule has 29 heavy (non-hydrogen) atoms. The predicted molar refractivity (Wildman–Crippen MR) is 104 cm³/mol. The summed E-state index contributed by atoms with van der Waals surface area (Å²) in [7, 11) is 0. The summed E-state index contributed by atoms with van der Waals surface area (Å²) in [5, 5.41) is 21.2. The maximum atomic E-state index is 11.2. The zero-order valence-corrected chi connectivity index (χ0v) is 16.2. The van der Waals surface area contributed by atoms with Crippen molar-refractivity contribution in [2.45, 2.75) is 50.8 Å². The van der Waals surface area contributed by atoms with E-state index >= 15 is 0 Å². The zero-order chi connectivity index (χ0) is 20.6. The molecule has 1 aliphatic heterocycles. The van der Waals surface area contributed by atoms with Gasteiger partial charge in [0.25, 0.3) is 0 Å². The van der Waals surface area contributed by atoms with Gasteiger partial charge in [0.2, 0.25) is 0 Å². The highest BCUT2D eigenvalue weighted by Crippen LogP contribution is 2.26. The second-order valence-electron chi connectivity index (χ2n) is 6.88. The van der Waals surface area contributed by atoms with Gasteiger partial charge in [-0.1, -0.05) is 60.7 Å². The molecule has 0 aromatic heterocycles. The number of esters is 1. The third-order valence-corrected chi connectivity index (χ3v) is 4.66. The molecule has 5 unspecified atom stereocenters. The predicted octanol–water partition coefficient (Wildman–Crippen LogP) is 1.80. The van der Waals surface area contributed by atoms with Crippen LogP contribution in [0.15, 0.2) is 60.7 Å². The third-order valence-electron chi connectivity index (χ3n) is 4.66. The monoisotopic (exact) mass is 402 g/mol. The number of benzene rings is 2. The highest BCUT2D eigenvalue weighted by Gasteiger charge is 2.46. The normalized spacial score (nSPS) is 26.8. The van der Waals surface area contributed by atoms with E-state index < -0.39 is 36.7 Å². The van der Waals surface area contributed by atoms with Gasteiger partial charge in [-0.05, 0) is 11.1 Å². The van der Waals surface area contributed by atoms with E-state index in [9.17, 15) is 15.0 Å². The van der Waals surface area contributed by atoms with Crippen LogP contribution in [-0.4, -0.2) is 53.5 Å². The minimum Gasteiger partial charge on any atom is -0.463 e. The third kappa shape index (κ3) is 6.09. The van der Waals surface area contributed by atoms with Gasteiger partial charge in [-0.2, -0.15) is 0 Å². The summed E-state index contributed by atoms with van der Waals surface area (Å²) in [4.78, 5) is 11.2. The molecule has 5 atom stereocenters. The number of hydrogen-bond acceptors (Lipinski definition) is 7. The van der Waals surface area contributed by atoms with E-state index in [-0.39, 0.29) is 19.8 Å². The molecular formula is C22H26O7. The minimum absolute atomic E-state index is 0.145. The molecule has 2 N–H and O–H groups in total. The van der Waals surface area contributed by atoms with E-state index in [4.69, 9.17) is 18.9 Å². The van der Waals surface area contributed by atoms with Crippen LogP contribution >= 0.6 is 0 Å². The Morgan fingerprint density at radius 3 is 1.93 bits per heavy atom. The van der Waals surface area contributed by atoms with E-state index in [1.54, 1.807) is 0 Å². The van der Waals surface area contributed by atoms with Crippen molar-refractivity contribution in [3.63, 3.8) is 0 Å². The van der Waals surface area contributed by atoms with Gasteiger partial charge in [-0.15, -0.1) is 0 Å². The molecule has 7 heteroatoms. The Labute approximate surface area is 169 Å². The number of aliphatic hydroxyl groups is 2. The summed E-state index contributed by atoms with van der Waals surface area (Å²) >= 11 is 0. The molecule has 0 radical (unpaired) electrons. The first-order chi connectivity index (χ1) is 14.0. The van der Waals surface area contributed by atoms with E-state index in [0.717, 1.165) is 11.1 Å². The molecule has 0 spiro atoms. The SMILES string of the molecule is CC(=O)OCC1OC(O)C(OCc2ccccc2)C(O)C1OCc1ccccc1. The van der Waals surface area contributed by atoms with Crippen LogP contribution in [0, 0.1) is 0 Å². The number of ether oxygens (including phenoxy) is 4. The fourth-order valence-electron chi connectivity index (χ4n) is 3.16. The van der Waals surface area contributed by atoms with Crippen molar-refractivity contribution in [2.24, 2.45) is 0 Å². The Hall–Kier alpha value is -2.29. The second-order valence-corrected chi connectivity index (χ2v) is 6.88. The Kier molecular flexibility index (Phi) is 7.74. The summed E-state index contributed by atoms with van der Waals surface area (Å²) in [6, 6.07) is 18.9. The lowest BCUT2D eigenvalue weighted by molar-refractivity contribution is -0.307. The largest absolute Gasteiger partial charge is 0.463 e. The average molecular weight is 402 g/mol. The molecule has 1 saturated heterocycles. The molecule has 1 heterocycles. The number of aliphatic hydroxyl groups excluding tert-OH is 2. The number of carbonyl (C=O) groups excluding carboxylic acids is 1. The van der Waals surface area contributed by atoms with E-state index in [2.05, 4.69) is 0 Å². The maximum absolute atomic E-state index is 11.2. The first kappa shape index (κ1) is 21.4. The molecule has 0 amide bonds. The summed E-state index contributed by atoms with van der Waals surface area (Å²) in [6.07, 6.45) is -5.25. The van der Waals surface area contributed by atoms with Crippen LogP contribution in [-0.2, 0) is 37.0 Å². The first-order valence-electron chi connectivity index (χ1n) is 9.50. The first-order valence-corrected chi connectivity index (χ1v) is 9.50. The van der Waals surface area contributed by atoms with Crippen LogP contribution in [0.4, 0.5) is 0 Å². The number of hydrogen-bond donors (Lipinski definition) is 2. The fraction of sp³-hybridized carbons (Fsp3) is 0.409. The van der Waals surface area contributed by atoms with Crippen molar-refractivity contribution in [3.8, 4) is 0 Å². The van der Waals surface area contributed by atoms with Gasteiger partial charge in [0.15, 0.2) is 6.29 Å². The number of carbonyl (C=O) groups is 1. The summed E-state index contributed by atoms with van der Waals surface area (Å²) in [5.41, 5.74) is 1.81. The smallest absolute Gasteiger partial charge is 0.302 e. The van der Waals surface area contributed by atoms with Gasteiger partial charge in [0, 0.05) is 6.92 Å². The van der Waals surface area contributed by atoms with Crippen molar-refractivity contribution >= 4 is 5.97 Å². The standard InChI is InChI=1S/C22H26O7/c1-15(23)26-14-18-20(27-12-16-8-4-2-5-9-16)19(24)21(22(25)29-18)28-13-17-10-6-3-7-11-17/h2-11,18-22,24-25H,12-14H2,1H3. The molecule has 1 aliphatic rings. The van der Waals surface area contributed by atoms with Crippen molar-refractivity contribution in [2.75, 3.05) is 6.61 Å². The van der Waals surface area contributed by atoms with Gasteiger partial charge in [-0.25, -0.2) is 0 Å². The lowest BCUT2D eigenvalue weighted by Crippen LogP contribution is -2.60. The van der Waals surface area contributed by atoms with Crippen LogP contribution in [0.3, 0.4) is 0 Å². The highest BCUT2D eigenvalue weighted by atomic mass is 16.7. The van der Waals surface area contributed by atoms with Crippen molar-refractivity contribution < 1.29 is 34.0 Å². The maximum Gasteiger partial charge on any atom is 0.302 e. The molecule has 156 valence electrons. The molecule has 0 saturated carbocycles. The Morgan fingerprint density at radius 2 is 1.41 bits per heavy atom. The van der Waals surface area contributed by atoms with Gasteiger partial charge in [-0.3, -0.25) is 4.79 Å². The molecule has 7 nitrogen and oxygen atoms in total. The van der Waals surface area contributed by atoms with Crippen LogP contribution in [0.5, 0.6) is 0 Å². The van der Waals surface area contributed by atoms with Crippen molar-refractivity contribution in [1.29, 1.82) is 0 Å². The van der Waals surface area contributed by atoms with E-state index in [0.29, 0.717) is 0 Å². The van der Waals surface area contributed by atoms with Gasteiger partial charge in [0.05, 0.1) is 13.2 Å². The van der Waals surface area contributed by atoms with Crippen LogP contribution in [0.1, 0.15) is 18.1 Å². The van der Waals surface area contributed by atoms with Crippen LogP contribution < -0.4 is 0 Å². The average Bonchev–Trinajstić information content (AvgIpc) is 2.73. The summed E-state index contributed by atoms with van der Waals surface area (Å²) in [6.45, 7) is 1.56. The quantitative estimate of drug-likeness (QED) is 0.650. The van der Waals surface area contributed by atoms with Gasteiger partial charge >= 0.3 is 5.97 Å². The Balaban J connectivity index is 1.68.